The van der Waals surface area contributed by atoms with E-state index in [1.807, 2.05) is 0 Å². The van der Waals surface area contributed by atoms with Gasteiger partial charge >= 0.3 is 0 Å². The second-order valence-corrected chi connectivity index (χ2v) is 6.84. The molecule has 2 unspecified atom stereocenters. The van der Waals surface area contributed by atoms with Gasteiger partial charge < -0.3 is 5.32 Å². The minimum Gasteiger partial charge on any atom is -0.382 e. The largest absolute Gasteiger partial charge is 0.382 e. The van der Waals surface area contributed by atoms with Crippen LogP contribution in [0.2, 0.25) is 0 Å². The Balaban J connectivity index is 1.57. The number of fused-ring (bicyclic) bond motifs is 1. The first-order valence-electron chi connectivity index (χ1n) is 8.73. The Kier molecular flexibility index (Phi) is 4.65. The fourth-order valence-electron chi connectivity index (χ4n) is 4.12. The van der Waals surface area contributed by atoms with Crippen molar-refractivity contribution in [2.45, 2.75) is 77.2 Å². The van der Waals surface area contributed by atoms with Gasteiger partial charge in [-0.05, 0) is 67.7 Å². The summed E-state index contributed by atoms with van der Waals surface area (Å²) in [6, 6.07) is 7.77. The molecule has 0 amide bonds. The fraction of sp³-hybridized carbons (Fsp3) is 0.684. The van der Waals surface area contributed by atoms with Crippen molar-refractivity contribution >= 4 is 5.69 Å². The molecule has 2 aliphatic rings. The van der Waals surface area contributed by atoms with Crippen LogP contribution >= 0.6 is 0 Å². The zero-order valence-electron chi connectivity index (χ0n) is 13.0. The molecule has 0 bridgehead atoms. The maximum absolute atomic E-state index is 3.81. The quantitative estimate of drug-likeness (QED) is 0.729. The standard InChI is InChI=1S/C19H29N/c1-2-5-15-6-3-9-18(12-10-15)20-19-13-11-16-7-4-8-17(16)14-19/h11,13-15,18,20H,2-10,12H2,1H3. The molecule has 1 nitrogen and oxygen atoms in total. The third kappa shape index (κ3) is 3.37. The smallest absolute Gasteiger partial charge is 0.0345 e. The molecule has 20 heavy (non-hydrogen) atoms. The van der Waals surface area contributed by atoms with Crippen LogP contribution < -0.4 is 5.32 Å². The van der Waals surface area contributed by atoms with E-state index < -0.39 is 0 Å². The van der Waals surface area contributed by atoms with E-state index in [9.17, 15) is 0 Å². The normalized spacial score (nSPS) is 26.1. The number of anilines is 1. The summed E-state index contributed by atoms with van der Waals surface area (Å²) < 4.78 is 0. The van der Waals surface area contributed by atoms with Gasteiger partial charge in [0.15, 0.2) is 0 Å². The fourth-order valence-corrected chi connectivity index (χ4v) is 4.12. The van der Waals surface area contributed by atoms with E-state index in [4.69, 9.17) is 0 Å². The minimum absolute atomic E-state index is 0.705. The van der Waals surface area contributed by atoms with Crippen LogP contribution in [-0.2, 0) is 12.8 Å². The SMILES string of the molecule is CCCC1CCCC(Nc2ccc3c(c2)CCC3)CC1. The molecule has 2 aliphatic carbocycles. The number of hydrogen-bond donors (Lipinski definition) is 1. The first-order chi connectivity index (χ1) is 9.85. The van der Waals surface area contributed by atoms with Gasteiger partial charge in [0.1, 0.15) is 0 Å². The lowest BCUT2D eigenvalue weighted by molar-refractivity contribution is 0.422. The average Bonchev–Trinajstić information content (AvgIpc) is 2.81. The number of benzene rings is 1. The van der Waals surface area contributed by atoms with E-state index in [0.29, 0.717) is 6.04 Å². The van der Waals surface area contributed by atoms with Crippen molar-refractivity contribution < 1.29 is 0 Å². The highest BCUT2D eigenvalue weighted by Crippen LogP contribution is 2.30. The Labute approximate surface area is 124 Å². The predicted molar refractivity (Wildman–Crippen MR) is 87.4 cm³/mol. The lowest BCUT2D eigenvalue weighted by Gasteiger charge is -2.19. The van der Waals surface area contributed by atoms with Gasteiger partial charge in [0.05, 0.1) is 0 Å². The van der Waals surface area contributed by atoms with E-state index in [-0.39, 0.29) is 0 Å². The number of aryl methyl sites for hydroxylation is 2. The van der Waals surface area contributed by atoms with Crippen LogP contribution in [0, 0.1) is 5.92 Å². The molecule has 1 fully saturated rings. The zero-order valence-corrected chi connectivity index (χ0v) is 13.0. The molecule has 2 atom stereocenters. The molecule has 1 aromatic carbocycles. The topological polar surface area (TPSA) is 12.0 Å². The highest BCUT2D eigenvalue weighted by atomic mass is 14.9. The summed E-state index contributed by atoms with van der Waals surface area (Å²) in [6.07, 6.45) is 13.7. The highest BCUT2D eigenvalue weighted by Gasteiger charge is 2.19. The third-order valence-corrected chi connectivity index (χ3v) is 5.25. The Bertz CT molecular complexity index is 437. The zero-order chi connectivity index (χ0) is 13.8. The van der Waals surface area contributed by atoms with Gasteiger partial charge in [-0.15, -0.1) is 0 Å². The van der Waals surface area contributed by atoms with Crippen molar-refractivity contribution in [3.63, 3.8) is 0 Å². The van der Waals surface area contributed by atoms with Gasteiger partial charge in [0.25, 0.3) is 0 Å². The van der Waals surface area contributed by atoms with Crippen molar-refractivity contribution in [1.29, 1.82) is 0 Å². The summed E-state index contributed by atoms with van der Waals surface area (Å²) in [5, 5.41) is 3.81. The Morgan fingerprint density at radius 3 is 2.80 bits per heavy atom. The van der Waals surface area contributed by atoms with E-state index >= 15 is 0 Å². The summed E-state index contributed by atoms with van der Waals surface area (Å²) in [5.74, 6) is 0.992. The van der Waals surface area contributed by atoms with Crippen LogP contribution in [0.1, 0.15) is 69.4 Å². The Morgan fingerprint density at radius 2 is 1.90 bits per heavy atom. The summed E-state index contributed by atoms with van der Waals surface area (Å²) in [4.78, 5) is 0. The highest BCUT2D eigenvalue weighted by molar-refractivity contribution is 5.50. The van der Waals surface area contributed by atoms with Gasteiger partial charge in [0, 0.05) is 11.7 Å². The second-order valence-electron chi connectivity index (χ2n) is 6.84. The molecule has 1 saturated carbocycles. The summed E-state index contributed by atoms with van der Waals surface area (Å²) in [5.41, 5.74) is 4.54. The molecule has 0 heterocycles. The van der Waals surface area contributed by atoms with Crippen LogP contribution in [0.4, 0.5) is 5.69 Å². The van der Waals surface area contributed by atoms with Crippen LogP contribution in [0.25, 0.3) is 0 Å². The molecule has 1 aromatic rings. The van der Waals surface area contributed by atoms with Crippen LogP contribution in [0.15, 0.2) is 18.2 Å². The minimum atomic E-state index is 0.705. The lowest BCUT2D eigenvalue weighted by atomic mass is 9.95. The Morgan fingerprint density at radius 1 is 1.00 bits per heavy atom. The van der Waals surface area contributed by atoms with Gasteiger partial charge in [-0.2, -0.15) is 0 Å². The van der Waals surface area contributed by atoms with Crippen molar-refractivity contribution in [3.8, 4) is 0 Å². The lowest BCUT2D eigenvalue weighted by Crippen LogP contribution is -2.18. The van der Waals surface area contributed by atoms with Crippen LogP contribution in [0.3, 0.4) is 0 Å². The first kappa shape index (κ1) is 14.0. The number of nitrogens with one attached hydrogen (secondary N) is 1. The van der Waals surface area contributed by atoms with Gasteiger partial charge in [-0.1, -0.05) is 38.7 Å². The van der Waals surface area contributed by atoms with E-state index in [2.05, 4.69) is 30.4 Å². The average molecular weight is 271 g/mol. The molecule has 1 heteroatoms. The third-order valence-electron chi connectivity index (χ3n) is 5.25. The maximum atomic E-state index is 3.81. The number of rotatable bonds is 4. The van der Waals surface area contributed by atoms with Crippen molar-refractivity contribution in [3.05, 3.63) is 29.3 Å². The maximum Gasteiger partial charge on any atom is 0.0345 e. The van der Waals surface area contributed by atoms with Crippen molar-refractivity contribution in [1.82, 2.24) is 0 Å². The molecule has 0 radical (unpaired) electrons. The first-order valence-corrected chi connectivity index (χ1v) is 8.73. The molecule has 3 rings (SSSR count). The summed E-state index contributed by atoms with van der Waals surface area (Å²) in [6.45, 7) is 2.32. The summed E-state index contributed by atoms with van der Waals surface area (Å²) in [7, 11) is 0. The molecular weight excluding hydrogens is 242 g/mol. The molecular formula is C19H29N. The van der Waals surface area contributed by atoms with Gasteiger partial charge in [-0.25, -0.2) is 0 Å². The molecule has 110 valence electrons. The van der Waals surface area contributed by atoms with E-state index in [1.54, 1.807) is 11.1 Å². The summed E-state index contributed by atoms with van der Waals surface area (Å²) >= 11 is 0. The van der Waals surface area contributed by atoms with Crippen LogP contribution in [-0.4, -0.2) is 6.04 Å². The monoisotopic (exact) mass is 271 g/mol. The molecule has 0 aromatic heterocycles. The van der Waals surface area contributed by atoms with E-state index in [0.717, 1.165) is 5.92 Å². The van der Waals surface area contributed by atoms with Gasteiger partial charge in [0.2, 0.25) is 0 Å². The van der Waals surface area contributed by atoms with Crippen molar-refractivity contribution in [2.75, 3.05) is 5.32 Å². The number of hydrogen-bond acceptors (Lipinski definition) is 1. The molecule has 1 N–H and O–H groups in total. The Hall–Kier alpha value is -0.980. The van der Waals surface area contributed by atoms with Crippen molar-refractivity contribution in [2.24, 2.45) is 5.92 Å². The van der Waals surface area contributed by atoms with Crippen LogP contribution in [0.5, 0.6) is 0 Å². The predicted octanol–water partition coefficient (Wildman–Crippen LogP) is 5.34. The molecule has 0 saturated heterocycles. The molecule has 0 aliphatic heterocycles. The molecule has 0 spiro atoms. The van der Waals surface area contributed by atoms with E-state index in [1.165, 1.54) is 69.9 Å². The second kappa shape index (κ2) is 6.65. The van der Waals surface area contributed by atoms with Gasteiger partial charge in [-0.3, -0.25) is 0 Å².